The van der Waals surface area contributed by atoms with Crippen LogP contribution >= 0.6 is 0 Å². The first-order valence-electron chi connectivity index (χ1n) is 6.27. The van der Waals surface area contributed by atoms with Crippen LogP contribution < -0.4 is 0 Å². The third-order valence-corrected chi connectivity index (χ3v) is 2.97. The monoisotopic (exact) mass is 221 g/mol. The molecular weight excluding hydrogens is 194 g/mol. The first kappa shape index (κ1) is 13.3. The summed E-state index contributed by atoms with van der Waals surface area (Å²) in [6, 6.07) is 5.11. The third kappa shape index (κ3) is 2.50. The molecule has 0 bridgehead atoms. The minimum atomic E-state index is 0.216. The maximum absolute atomic E-state index is 2.50. The Bertz CT molecular complexity index is 324. The van der Waals surface area contributed by atoms with Crippen molar-refractivity contribution in [2.75, 3.05) is 0 Å². The van der Waals surface area contributed by atoms with E-state index in [4.69, 9.17) is 0 Å². The smallest absolute Gasteiger partial charge is 0.0279 e. The highest BCUT2D eigenvalue weighted by atomic mass is 15.0. The van der Waals surface area contributed by atoms with E-state index in [0.29, 0.717) is 6.04 Å². The molecule has 1 heteroatoms. The van der Waals surface area contributed by atoms with Crippen molar-refractivity contribution in [3.8, 4) is 0 Å². The zero-order chi connectivity index (χ0) is 12.7. The molecule has 1 aromatic heterocycles. The zero-order valence-corrected chi connectivity index (χ0v) is 12.2. The van der Waals surface area contributed by atoms with Gasteiger partial charge in [-0.1, -0.05) is 41.5 Å². The molecule has 0 radical (unpaired) electrons. The van der Waals surface area contributed by atoms with Gasteiger partial charge in [0.25, 0.3) is 0 Å². The Kier molecular flexibility index (Phi) is 3.29. The highest BCUT2D eigenvalue weighted by Crippen LogP contribution is 2.33. The van der Waals surface area contributed by atoms with Crippen LogP contribution in [0.25, 0.3) is 0 Å². The third-order valence-electron chi connectivity index (χ3n) is 2.97. The topological polar surface area (TPSA) is 4.93 Å². The summed E-state index contributed by atoms with van der Waals surface area (Å²) in [5.41, 5.74) is 3.31. The first-order chi connectivity index (χ1) is 7.05. The van der Waals surface area contributed by atoms with Crippen LogP contribution in [0.5, 0.6) is 0 Å². The van der Waals surface area contributed by atoms with Crippen LogP contribution in [0.3, 0.4) is 0 Å². The molecule has 1 rings (SSSR count). The number of aromatic nitrogens is 1. The molecule has 0 spiro atoms. The Morgan fingerprint density at radius 1 is 0.812 bits per heavy atom. The lowest BCUT2D eigenvalue weighted by Crippen LogP contribution is -2.24. The Hall–Kier alpha value is -0.720. The van der Waals surface area contributed by atoms with Crippen molar-refractivity contribution in [2.24, 2.45) is 0 Å². The largest absolute Gasteiger partial charge is 0.345 e. The lowest BCUT2D eigenvalue weighted by atomic mass is 9.91. The Labute approximate surface area is 101 Å². The van der Waals surface area contributed by atoms with E-state index in [-0.39, 0.29) is 10.8 Å². The van der Waals surface area contributed by atoms with Crippen LogP contribution in [0.15, 0.2) is 12.1 Å². The van der Waals surface area contributed by atoms with Gasteiger partial charge in [0.1, 0.15) is 0 Å². The quantitative estimate of drug-likeness (QED) is 0.650. The molecule has 0 atom stereocenters. The normalized spacial score (nSPS) is 13.6. The molecular formula is C15H27N. The fourth-order valence-corrected chi connectivity index (χ4v) is 2.23. The summed E-state index contributed by atoms with van der Waals surface area (Å²) in [7, 11) is 0. The van der Waals surface area contributed by atoms with E-state index in [0.717, 1.165) is 0 Å². The molecule has 0 saturated carbocycles. The minimum absolute atomic E-state index is 0.216. The van der Waals surface area contributed by atoms with E-state index in [9.17, 15) is 0 Å². The van der Waals surface area contributed by atoms with Gasteiger partial charge in [-0.2, -0.15) is 0 Å². The highest BCUT2D eigenvalue weighted by Gasteiger charge is 2.26. The molecule has 0 aliphatic rings. The Morgan fingerprint density at radius 3 is 1.31 bits per heavy atom. The number of rotatable bonds is 1. The summed E-state index contributed by atoms with van der Waals surface area (Å²) in [6.07, 6.45) is 0. The van der Waals surface area contributed by atoms with Gasteiger partial charge in [-0.15, -0.1) is 0 Å². The summed E-state index contributed by atoms with van der Waals surface area (Å²) in [5, 5.41) is 0. The predicted molar refractivity (Wildman–Crippen MR) is 72.2 cm³/mol. The number of hydrogen-bond donors (Lipinski definition) is 0. The van der Waals surface area contributed by atoms with E-state index in [2.05, 4.69) is 72.1 Å². The molecule has 92 valence electrons. The van der Waals surface area contributed by atoms with Gasteiger partial charge >= 0.3 is 0 Å². The zero-order valence-electron chi connectivity index (χ0n) is 12.2. The van der Waals surface area contributed by atoms with Crippen LogP contribution in [0.1, 0.15) is 72.8 Å². The molecule has 1 nitrogen and oxygen atoms in total. The lowest BCUT2D eigenvalue weighted by Gasteiger charge is -2.30. The maximum Gasteiger partial charge on any atom is 0.0279 e. The molecule has 0 aliphatic heterocycles. The molecule has 0 saturated heterocycles. The second-order valence-electron chi connectivity index (χ2n) is 7.07. The summed E-state index contributed by atoms with van der Waals surface area (Å²) >= 11 is 0. The fraction of sp³-hybridized carbons (Fsp3) is 0.733. The highest BCUT2D eigenvalue weighted by molar-refractivity contribution is 5.27. The average Bonchev–Trinajstić information content (AvgIpc) is 2.43. The van der Waals surface area contributed by atoms with Gasteiger partial charge in [0.05, 0.1) is 0 Å². The van der Waals surface area contributed by atoms with E-state index in [1.807, 2.05) is 0 Å². The van der Waals surface area contributed by atoms with Gasteiger partial charge in [-0.3, -0.25) is 0 Å². The van der Waals surface area contributed by atoms with Crippen LogP contribution in [-0.2, 0) is 10.8 Å². The van der Waals surface area contributed by atoms with Gasteiger partial charge < -0.3 is 4.57 Å². The SMILES string of the molecule is CC(C)n1c(C(C)(C)C)ccc1C(C)(C)C. The van der Waals surface area contributed by atoms with Crippen molar-refractivity contribution in [1.29, 1.82) is 0 Å². The molecule has 0 amide bonds. The first-order valence-corrected chi connectivity index (χ1v) is 6.27. The van der Waals surface area contributed by atoms with Crippen molar-refractivity contribution in [2.45, 2.75) is 72.3 Å². The predicted octanol–water partition coefficient (Wildman–Crippen LogP) is 4.66. The van der Waals surface area contributed by atoms with E-state index in [1.54, 1.807) is 0 Å². The van der Waals surface area contributed by atoms with Crippen molar-refractivity contribution >= 4 is 0 Å². The lowest BCUT2D eigenvalue weighted by molar-refractivity contribution is 0.436. The second-order valence-corrected chi connectivity index (χ2v) is 7.07. The van der Waals surface area contributed by atoms with Gasteiger partial charge in [-0.25, -0.2) is 0 Å². The van der Waals surface area contributed by atoms with E-state index >= 15 is 0 Å². The summed E-state index contributed by atoms with van der Waals surface area (Å²) < 4.78 is 2.50. The molecule has 1 heterocycles. The maximum atomic E-state index is 2.50. The fourth-order valence-electron chi connectivity index (χ4n) is 2.23. The Morgan fingerprint density at radius 2 is 1.12 bits per heavy atom. The van der Waals surface area contributed by atoms with E-state index in [1.165, 1.54) is 11.4 Å². The van der Waals surface area contributed by atoms with Crippen molar-refractivity contribution in [3.63, 3.8) is 0 Å². The molecule has 0 N–H and O–H groups in total. The standard InChI is InChI=1S/C15H27N/c1-11(2)16-12(14(3,4)5)9-10-13(16)15(6,7)8/h9-11H,1-8H3. The van der Waals surface area contributed by atoms with Crippen LogP contribution in [0, 0.1) is 0 Å². The Balaban J connectivity index is 3.41. The molecule has 0 aromatic carbocycles. The summed E-state index contributed by atoms with van der Waals surface area (Å²) in [6.45, 7) is 18.2. The van der Waals surface area contributed by atoms with Crippen molar-refractivity contribution in [3.05, 3.63) is 23.5 Å². The van der Waals surface area contributed by atoms with Gasteiger partial charge in [0.15, 0.2) is 0 Å². The van der Waals surface area contributed by atoms with E-state index < -0.39 is 0 Å². The van der Waals surface area contributed by atoms with Crippen LogP contribution in [0.4, 0.5) is 0 Å². The van der Waals surface area contributed by atoms with Gasteiger partial charge in [0.2, 0.25) is 0 Å². The van der Waals surface area contributed by atoms with Crippen LogP contribution in [0.2, 0.25) is 0 Å². The average molecular weight is 221 g/mol. The summed E-state index contributed by atoms with van der Waals surface area (Å²) in [4.78, 5) is 0. The number of nitrogens with zero attached hydrogens (tertiary/aromatic N) is 1. The molecule has 0 fully saturated rings. The minimum Gasteiger partial charge on any atom is -0.345 e. The molecule has 16 heavy (non-hydrogen) atoms. The van der Waals surface area contributed by atoms with Gasteiger partial charge in [-0.05, 0) is 26.0 Å². The number of hydrogen-bond acceptors (Lipinski definition) is 0. The van der Waals surface area contributed by atoms with Gasteiger partial charge in [0, 0.05) is 28.3 Å². The molecule has 0 aliphatic carbocycles. The van der Waals surface area contributed by atoms with Crippen LogP contribution in [-0.4, -0.2) is 4.57 Å². The van der Waals surface area contributed by atoms with Crippen molar-refractivity contribution in [1.82, 2.24) is 4.57 Å². The second kappa shape index (κ2) is 3.94. The molecule has 0 unspecified atom stereocenters. The molecule has 1 aromatic rings. The summed E-state index contributed by atoms with van der Waals surface area (Å²) in [5.74, 6) is 0. The van der Waals surface area contributed by atoms with Crippen molar-refractivity contribution < 1.29 is 0 Å².